The Labute approximate surface area is 194 Å². The van der Waals surface area contributed by atoms with Crippen molar-refractivity contribution in [3.05, 3.63) is 40.4 Å². The third kappa shape index (κ3) is 4.77. The molecule has 8 heteroatoms. The number of methoxy groups -OCH3 is 1. The van der Waals surface area contributed by atoms with Crippen molar-refractivity contribution in [2.75, 3.05) is 20.3 Å². The first-order valence-electron chi connectivity index (χ1n) is 11.5. The van der Waals surface area contributed by atoms with Gasteiger partial charge in [0.25, 0.3) is 0 Å². The molecule has 1 aromatic heterocycles. The zero-order valence-corrected chi connectivity index (χ0v) is 19.6. The van der Waals surface area contributed by atoms with E-state index in [1.165, 1.54) is 6.42 Å². The minimum absolute atomic E-state index is 0.0190. The minimum Gasteiger partial charge on any atom is -0.493 e. The summed E-state index contributed by atoms with van der Waals surface area (Å²) in [5.74, 6) is 3.05. The number of hydrogen-bond acceptors (Lipinski definition) is 5. The van der Waals surface area contributed by atoms with Gasteiger partial charge in [-0.05, 0) is 55.9 Å². The van der Waals surface area contributed by atoms with Crippen LogP contribution in [0.4, 0.5) is 0 Å². The highest BCUT2D eigenvalue weighted by atomic mass is 35.5. The van der Waals surface area contributed by atoms with Crippen LogP contribution in [0.2, 0.25) is 5.02 Å². The molecule has 2 aliphatic heterocycles. The Bertz CT molecular complexity index is 988. The summed E-state index contributed by atoms with van der Waals surface area (Å²) in [5.41, 5.74) is 0.788. The molecule has 1 unspecified atom stereocenters. The lowest BCUT2D eigenvalue weighted by Gasteiger charge is -2.23. The summed E-state index contributed by atoms with van der Waals surface area (Å²) in [7, 11) is 1.58. The van der Waals surface area contributed by atoms with Gasteiger partial charge in [0, 0.05) is 25.6 Å². The third-order valence-corrected chi connectivity index (χ3v) is 6.37. The third-order valence-electron chi connectivity index (χ3n) is 6.09. The van der Waals surface area contributed by atoms with Gasteiger partial charge in [-0.25, -0.2) is 0 Å². The van der Waals surface area contributed by atoms with Gasteiger partial charge in [-0.15, -0.1) is 10.2 Å². The maximum Gasteiger partial charge on any atom is 0.247 e. The van der Waals surface area contributed by atoms with Crippen molar-refractivity contribution < 1.29 is 14.3 Å². The Morgan fingerprint density at radius 3 is 2.91 bits per heavy atom. The molecule has 1 saturated heterocycles. The zero-order chi connectivity index (χ0) is 22.5. The average molecular weight is 459 g/mol. The van der Waals surface area contributed by atoms with E-state index in [1.807, 2.05) is 17.9 Å². The molecule has 0 bridgehead atoms. The minimum atomic E-state index is -0.0279. The smallest absolute Gasteiger partial charge is 0.247 e. The van der Waals surface area contributed by atoms with E-state index in [1.54, 1.807) is 25.3 Å². The number of fused-ring (bicyclic) bond motifs is 1. The SMILES string of the molecule is CCCOc1c(Cl)cc(C=CC(=O)N2CCCC2c2nnc3n2CCCCC3)cc1OC. The normalized spacial score (nSPS) is 18.6. The van der Waals surface area contributed by atoms with E-state index in [0.29, 0.717) is 23.1 Å². The Balaban J connectivity index is 1.51. The maximum atomic E-state index is 13.1. The van der Waals surface area contributed by atoms with Gasteiger partial charge < -0.3 is 18.9 Å². The Morgan fingerprint density at radius 2 is 2.09 bits per heavy atom. The van der Waals surface area contributed by atoms with Gasteiger partial charge in [0.1, 0.15) is 5.82 Å². The lowest BCUT2D eigenvalue weighted by Crippen LogP contribution is -2.30. The largest absolute Gasteiger partial charge is 0.493 e. The van der Waals surface area contributed by atoms with Crippen LogP contribution in [0.1, 0.15) is 68.7 Å². The van der Waals surface area contributed by atoms with E-state index in [0.717, 1.165) is 68.8 Å². The number of ether oxygens (including phenoxy) is 2. The molecule has 0 saturated carbocycles. The highest BCUT2D eigenvalue weighted by molar-refractivity contribution is 6.32. The van der Waals surface area contributed by atoms with Gasteiger partial charge in [-0.3, -0.25) is 4.79 Å². The quantitative estimate of drug-likeness (QED) is 0.555. The van der Waals surface area contributed by atoms with E-state index in [9.17, 15) is 4.79 Å². The summed E-state index contributed by atoms with van der Waals surface area (Å²) in [6, 6.07) is 3.61. The molecule has 2 aliphatic rings. The summed E-state index contributed by atoms with van der Waals surface area (Å²) >= 11 is 6.41. The standard InChI is InChI=1S/C24H31ClN4O3/c1-3-14-32-23-18(25)15-17(16-20(23)31-2)10-11-22(30)28-13-7-8-19(28)24-27-26-21-9-5-4-6-12-29(21)24/h10-11,15-16,19H,3-9,12-14H2,1-2H3. The van der Waals surface area contributed by atoms with Gasteiger partial charge >= 0.3 is 0 Å². The molecule has 0 N–H and O–H groups in total. The molecule has 32 heavy (non-hydrogen) atoms. The molecule has 0 spiro atoms. The fourth-order valence-corrected chi connectivity index (χ4v) is 4.77. The van der Waals surface area contributed by atoms with Crippen LogP contribution >= 0.6 is 11.6 Å². The molecular formula is C24H31ClN4O3. The Morgan fingerprint density at radius 1 is 1.22 bits per heavy atom. The second kappa shape index (κ2) is 10.4. The van der Waals surface area contributed by atoms with Crippen molar-refractivity contribution in [2.45, 2.75) is 64.5 Å². The number of amides is 1. The van der Waals surface area contributed by atoms with Gasteiger partial charge in [-0.1, -0.05) is 24.9 Å². The number of halogens is 1. The van der Waals surface area contributed by atoms with Crippen molar-refractivity contribution in [1.82, 2.24) is 19.7 Å². The maximum absolute atomic E-state index is 13.1. The molecule has 2 aromatic rings. The number of aromatic nitrogens is 3. The number of nitrogens with zero attached hydrogens (tertiary/aromatic N) is 4. The summed E-state index contributed by atoms with van der Waals surface area (Å²) in [6.45, 7) is 4.26. The molecule has 1 amide bonds. The van der Waals surface area contributed by atoms with Crippen LogP contribution in [0, 0.1) is 0 Å². The number of carbonyl (C=O) groups excluding carboxylic acids is 1. The van der Waals surface area contributed by atoms with Crippen LogP contribution in [0.3, 0.4) is 0 Å². The first kappa shape index (κ1) is 22.6. The first-order valence-corrected chi connectivity index (χ1v) is 11.9. The lowest BCUT2D eigenvalue weighted by molar-refractivity contribution is -0.127. The van der Waals surface area contributed by atoms with Crippen LogP contribution in [0.25, 0.3) is 6.08 Å². The number of hydrogen-bond donors (Lipinski definition) is 0. The summed E-state index contributed by atoms with van der Waals surface area (Å²) in [5, 5.41) is 9.38. The number of aryl methyl sites for hydroxylation is 1. The average Bonchev–Trinajstić information content (AvgIpc) is 3.37. The molecule has 172 valence electrons. The topological polar surface area (TPSA) is 69.5 Å². The molecule has 7 nitrogen and oxygen atoms in total. The van der Waals surface area contributed by atoms with Crippen LogP contribution < -0.4 is 9.47 Å². The van der Waals surface area contributed by atoms with Crippen molar-refractivity contribution in [3.8, 4) is 11.5 Å². The highest BCUT2D eigenvalue weighted by Gasteiger charge is 2.33. The van der Waals surface area contributed by atoms with E-state index < -0.39 is 0 Å². The van der Waals surface area contributed by atoms with Crippen LogP contribution in [0.15, 0.2) is 18.2 Å². The van der Waals surface area contributed by atoms with Crippen molar-refractivity contribution in [3.63, 3.8) is 0 Å². The molecule has 1 aromatic carbocycles. The highest BCUT2D eigenvalue weighted by Crippen LogP contribution is 2.37. The lowest BCUT2D eigenvalue weighted by atomic mass is 10.1. The van der Waals surface area contributed by atoms with Crippen LogP contribution in [-0.4, -0.2) is 45.8 Å². The zero-order valence-electron chi connectivity index (χ0n) is 18.8. The predicted molar refractivity (Wildman–Crippen MR) is 124 cm³/mol. The summed E-state index contributed by atoms with van der Waals surface area (Å²) in [6.07, 6.45) is 10.6. The Kier molecular flexibility index (Phi) is 7.35. The Hall–Kier alpha value is -2.54. The van der Waals surface area contributed by atoms with Gasteiger partial charge in [0.2, 0.25) is 5.91 Å². The summed E-state index contributed by atoms with van der Waals surface area (Å²) in [4.78, 5) is 15.0. The monoisotopic (exact) mass is 458 g/mol. The number of carbonyl (C=O) groups is 1. The fourth-order valence-electron chi connectivity index (χ4n) is 4.50. The van der Waals surface area contributed by atoms with Crippen molar-refractivity contribution in [2.24, 2.45) is 0 Å². The van der Waals surface area contributed by atoms with Crippen LogP contribution in [0.5, 0.6) is 11.5 Å². The molecule has 3 heterocycles. The molecule has 0 radical (unpaired) electrons. The second-order valence-electron chi connectivity index (χ2n) is 8.34. The molecule has 1 atom stereocenters. The fraction of sp³-hybridized carbons (Fsp3) is 0.542. The molecule has 1 fully saturated rings. The molecule has 4 rings (SSSR count). The number of rotatable bonds is 7. The van der Waals surface area contributed by atoms with Gasteiger partial charge in [0.05, 0.1) is 24.8 Å². The van der Waals surface area contributed by atoms with E-state index >= 15 is 0 Å². The van der Waals surface area contributed by atoms with E-state index in [-0.39, 0.29) is 11.9 Å². The van der Waals surface area contributed by atoms with Crippen molar-refractivity contribution in [1.29, 1.82) is 0 Å². The number of benzene rings is 1. The predicted octanol–water partition coefficient (Wildman–Crippen LogP) is 4.83. The van der Waals surface area contributed by atoms with Crippen molar-refractivity contribution >= 4 is 23.6 Å². The second-order valence-corrected chi connectivity index (χ2v) is 8.75. The first-order chi connectivity index (χ1) is 15.6. The van der Waals surface area contributed by atoms with E-state index in [4.69, 9.17) is 21.1 Å². The molecular weight excluding hydrogens is 428 g/mol. The van der Waals surface area contributed by atoms with Gasteiger partial charge in [-0.2, -0.15) is 0 Å². The summed E-state index contributed by atoms with van der Waals surface area (Å²) < 4.78 is 13.4. The van der Waals surface area contributed by atoms with Gasteiger partial charge in [0.15, 0.2) is 17.3 Å². The van der Waals surface area contributed by atoms with E-state index in [2.05, 4.69) is 14.8 Å². The van der Waals surface area contributed by atoms with Crippen LogP contribution in [-0.2, 0) is 17.8 Å². The molecule has 0 aliphatic carbocycles. The number of likely N-dealkylation sites (tertiary alicyclic amines) is 1.